The molecule has 1 aliphatic rings. The number of aromatic nitrogens is 2. The average Bonchev–Trinajstić information content (AvgIpc) is 2.88. The molecule has 1 fully saturated rings. The Morgan fingerprint density at radius 3 is 2.68 bits per heavy atom. The van der Waals surface area contributed by atoms with Gasteiger partial charge in [0.25, 0.3) is 10.0 Å². The summed E-state index contributed by atoms with van der Waals surface area (Å²) in [5.74, 6) is 1.13. The molecule has 108 valence electrons. The molecule has 2 rings (SSSR count). The molecule has 0 radical (unpaired) electrons. The maximum atomic E-state index is 12.6. The van der Waals surface area contributed by atoms with E-state index in [1.807, 2.05) is 6.92 Å². The fourth-order valence-corrected chi connectivity index (χ4v) is 4.24. The number of hydrogen-bond acceptors (Lipinski definition) is 3. The monoisotopic (exact) mass is 285 g/mol. The van der Waals surface area contributed by atoms with Crippen molar-refractivity contribution < 1.29 is 8.42 Å². The summed E-state index contributed by atoms with van der Waals surface area (Å²) < 4.78 is 26.7. The number of H-pyrrole nitrogens is 1. The van der Waals surface area contributed by atoms with Crippen molar-refractivity contribution in [2.45, 2.75) is 57.0 Å². The van der Waals surface area contributed by atoms with Crippen LogP contribution in [0.5, 0.6) is 0 Å². The van der Waals surface area contributed by atoms with Crippen LogP contribution >= 0.6 is 0 Å². The number of nitrogens with one attached hydrogen (secondary N) is 1. The van der Waals surface area contributed by atoms with Gasteiger partial charge in [0.15, 0.2) is 5.03 Å². The summed E-state index contributed by atoms with van der Waals surface area (Å²) in [4.78, 5) is 6.98. The summed E-state index contributed by atoms with van der Waals surface area (Å²) in [7, 11) is -1.76. The summed E-state index contributed by atoms with van der Waals surface area (Å²) >= 11 is 0. The number of sulfonamides is 1. The maximum Gasteiger partial charge on any atom is 0.260 e. The van der Waals surface area contributed by atoms with Crippen LogP contribution in [0, 0.1) is 5.92 Å². The standard InChI is InChI=1S/C13H23N3O2S/c1-4-12-14-9-13(15-12)19(17,18)16(3)11-8-6-5-7-10(11)2/h9-11H,4-8H2,1-3H3,(H,14,15). The number of nitrogens with zero attached hydrogens (tertiary/aromatic N) is 2. The Kier molecular flexibility index (Phi) is 4.30. The van der Waals surface area contributed by atoms with Crippen molar-refractivity contribution in [2.75, 3.05) is 7.05 Å². The van der Waals surface area contributed by atoms with Crippen LogP contribution in [0.25, 0.3) is 0 Å². The summed E-state index contributed by atoms with van der Waals surface area (Å²) in [6.07, 6.45) is 6.50. The van der Waals surface area contributed by atoms with Crippen molar-refractivity contribution in [2.24, 2.45) is 5.92 Å². The lowest BCUT2D eigenvalue weighted by atomic mass is 9.86. The number of hydrogen-bond donors (Lipinski definition) is 1. The third-order valence-electron chi connectivity index (χ3n) is 4.13. The van der Waals surface area contributed by atoms with Gasteiger partial charge in [-0.3, -0.25) is 0 Å². The van der Waals surface area contributed by atoms with Gasteiger partial charge in [-0.05, 0) is 18.8 Å². The lowest BCUT2D eigenvalue weighted by molar-refractivity contribution is 0.213. The molecule has 0 bridgehead atoms. The fourth-order valence-electron chi connectivity index (χ4n) is 2.82. The number of imidazole rings is 1. The zero-order valence-electron chi connectivity index (χ0n) is 11.9. The molecule has 5 nitrogen and oxygen atoms in total. The highest BCUT2D eigenvalue weighted by Crippen LogP contribution is 2.30. The first kappa shape index (κ1) is 14.5. The average molecular weight is 285 g/mol. The molecule has 1 N–H and O–H groups in total. The molecule has 0 amide bonds. The van der Waals surface area contributed by atoms with E-state index in [0.717, 1.165) is 19.3 Å². The van der Waals surface area contributed by atoms with Crippen LogP contribution in [0.15, 0.2) is 11.2 Å². The molecule has 1 aromatic rings. The van der Waals surface area contributed by atoms with Crippen molar-refractivity contribution in [1.82, 2.24) is 14.3 Å². The highest BCUT2D eigenvalue weighted by Gasteiger charge is 2.33. The van der Waals surface area contributed by atoms with E-state index in [1.54, 1.807) is 7.05 Å². The molecule has 1 aliphatic carbocycles. The molecule has 1 aromatic heterocycles. The molecular formula is C13H23N3O2S. The Hall–Kier alpha value is -0.880. The Morgan fingerprint density at radius 2 is 2.11 bits per heavy atom. The molecule has 1 saturated carbocycles. The first-order chi connectivity index (χ1) is 8.96. The minimum atomic E-state index is -3.45. The first-order valence-electron chi connectivity index (χ1n) is 6.98. The van der Waals surface area contributed by atoms with Crippen molar-refractivity contribution in [1.29, 1.82) is 0 Å². The van der Waals surface area contributed by atoms with Crippen molar-refractivity contribution in [3.05, 3.63) is 12.0 Å². The van der Waals surface area contributed by atoms with Crippen LogP contribution < -0.4 is 0 Å². The third-order valence-corrected chi connectivity index (χ3v) is 5.92. The quantitative estimate of drug-likeness (QED) is 0.922. The van der Waals surface area contributed by atoms with E-state index < -0.39 is 10.0 Å². The number of aryl methyl sites for hydroxylation is 1. The van der Waals surface area contributed by atoms with E-state index in [0.29, 0.717) is 18.2 Å². The zero-order valence-corrected chi connectivity index (χ0v) is 12.7. The normalized spacial score (nSPS) is 24.8. The lowest BCUT2D eigenvalue weighted by Gasteiger charge is -2.35. The predicted molar refractivity (Wildman–Crippen MR) is 74.3 cm³/mol. The van der Waals surface area contributed by atoms with Gasteiger partial charge in [-0.15, -0.1) is 0 Å². The smallest absolute Gasteiger partial charge is 0.260 e. The summed E-state index contributed by atoms with van der Waals surface area (Å²) in [5, 5.41) is 0.213. The predicted octanol–water partition coefficient (Wildman–Crippen LogP) is 2.17. The second kappa shape index (κ2) is 5.63. The van der Waals surface area contributed by atoms with E-state index in [2.05, 4.69) is 16.9 Å². The zero-order chi connectivity index (χ0) is 14.0. The highest BCUT2D eigenvalue weighted by molar-refractivity contribution is 7.89. The van der Waals surface area contributed by atoms with Crippen LogP contribution in [-0.2, 0) is 16.4 Å². The Morgan fingerprint density at radius 1 is 1.42 bits per heavy atom. The van der Waals surface area contributed by atoms with Crippen LogP contribution in [0.2, 0.25) is 0 Å². The van der Waals surface area contributed by atoms with Crippen molar-refractivity contribution in [3.63, 3.8) is 0 Å². The van der Waals surface area contributed by atoms with Crippen LogP contribution in [0.1, 0.15) is 45.4 Å². The largest absolute Gasteiger partial charge is 0.332 e. The van der Waals surface area contributed by atoms with Gasteiger partial charge in [0.2, 0.25) is 0 Å². The van der Waals surface area contributed by atoms with E-state index in [9.17, 15) is 8.42 Å². The molecule has 0 aliphatic heterocycles. The van der Waals surface area contributed by atoms with Gasteiger partial charge in [-0.25, -0.2) is 13.4 Å². The fraction of sp³-hybridized carbons (Fsp3) is 0.769. The SMILES string of the molecule is CCc1ncc(S(=O)(=O)N(C)C2CCCCC2C)[nH]1. The Bertz CT molecular complexity index is 524. The summed E-state index contributed by atoms with van der Waals surface area (Å²) in [6, 6.07) is 0.104. The lowest BCUT2D eigenvalue weighted by Crippen LogP contribution is -2.42. The van der Waals surface area contributed by atoms with Crippen molar-refractivity contribution in [3.8, 4) is 0 Å². The van der Waals surface area contributed by atoms with Gasteiger partial charge in [-0.1, -0.05) is 26.7 Å². The van der Waals surface area contributed by atoms with E-state index >= 15 is 0 Å². The minimum Gasteiger partial charge on any atom is -0.332 e. The second-order valence-corrected chi connectivity index (χ2v) is 7.36. The van der Waals surface area contributed by atoms with E-state index in [-0.39, 0.29) is 11.1 Å². The maximum absolute atomic E-state index is 12.6. The minimum absolute atomic E-state index is 0.104. The molecule has 0 saturated heterocycles. The molecule has 0 aromatic carbocycles. The van der Waals surface area contributed by atoms with Crippen LogP contribution in [0.3, 0.4) is 0 Å². The highest BCUT2D eigenvalue weighted by atomic mass is 32.2. The summed E-state index contributed by atoms with van der Waals surface area (Å²) in [5.41, 5.74) is 0. The Labute approximate surface area is 115 Å². The van der Waals surface area contributed by atoms with E-state index in [4.69, 9.17) is 0 Å². The van der Waals surface area contributed by atoms with Gasteiger partial charge in [0.1, 0.15) is 5.82 Å². The van der Waals surface area contributed by atoms with E-state index in [1.165, 1.54) is 16.9 Å². The topological polar surface area (TPSA) is 66.1 Å². The van der Waals surface area contributed by atoms with Gasteiger partial charge < -0.3 is 4.98 Å². The summed E-state index contributed by atoms with van der Waals surface area (Å²) in [6.45, 7) is 4.09. The molecule has 19 heavy (non-hydrogen) atoms. The molecule has 0 spiro atoms. The van der Waals surface area contributed by atoms with Crippen molar-refractivity contribution >= 4 is 10.0 Å². The Balaban J connectivity index is 2.23. The van der Waals surface area contributed by atoms with Gasteiger partial charge in [0.05, 0.1) is 6.20 Å². The number of rotatable bonds is 4. The van der Waals surface area contributed by atoms with Crippen LogP contribution in [0.4, 0.5) is 0 Å². The van der Waals surface area contributed by atoms with Crippen LogP contribution in [-0.4, -0.2) is 35.8 Å². The second-order valence-electron chi connectivity index (χ2n) is 5.40. The molecular weight excluding hydrogens is 262 g/mol. The van der Waals surface area contributed by atoms with Gasteiger partial charge in [-0.2, -0.15) is 4.31 Å². The molecule has 2 unspecified atom stereocenters. The third kappa shape index (κ3) is 2.84. The molecule has 6 heteroatoms. The molecule has 1 heterocycles. The van der Waals surface area contributed by atoms with Gasteiger partial charge >= 0.3 is 0 Å². The number of aromatic amines is 1. The molecule has 2 atom stereocenters. The first-order valence-corrected chi connectivity index (χ1v) is 8.42. The van der Waals surface area contributed by atoms with Gasteiger partial charge in [0, 0.05) is 19.5 Å².